The number of hydrogen-bond acceptors (Lipinski definition) is 2. The van der Waals surface area contributed by atoms with Gasteiger partial charge in [0, 0.05) is 0 Å². The third-order valence-corrected chi connectivity index (χ3v) is 3.88. The van der Waals surface area contributed by atoms with Crippen molar-refractivity contribution in [1.29, 1.82) is 0 Å². The van der Waals surface area contributed by atoms with Crippen LogP contribution in [0.25, 0.3) is 0 Å². The molecule has 3 N–H and O–H groups in total. The van der Waals surface area contributed by atoms with Crippen LogP contribution in [-0.4, -0.2) is 16.6 Å². The first kappa shape index (κ1) is 15.7. The van der Waals surface area contributed by atoms with Crippen LogP contribution in [0.1, 0.15) is 43.4 Å². The van der Waals surface area contributed by atoms with E-state index in [4.69, 9.17) is 10.8 Å². The number of aliphatic carboxylic acids is 1. The first-order chi connectivity index (χ1) is 8.74. The van der Waals surface area contributed by atoms with Crippen molar-refractivity contribution >= 4 is 5.97 Å². The van der Waals surface area contributed by atoms with Crippen molar-refractivity contribution in [2.24, 2.45) is 11.7 Å². The Labute approximate surface area is 115 Å². The normalized spacial score (nSPS) is 15.8. The summed E-state index contributed by atoms with van der Waals surface area (Å²) in [6, 6.07) is 6.34. The molecule has 0 aliphatic rings. The minimum Gasteiger partial charge on any atom is -0.480 e. The van der Waals surface area contributed by atoms with Gasteiger partial charge in [0.05, 0.1) is 0 Å². The largest absolute Gasteiger partial charge is 0.480 e. The van der Waals surface area contributed by atoms with Crippen molar-refractivity contribution in [3.05, 3.63) is 34.9 Å². The molecule has 0 aliphatic heterocycles. The molecule has 1 aromatic rings. The zero-order chi connectivity index (χ0) is 14.6. The Kier molecular flexibility index (Phi) is 5.12. The number of aryl methyl sites for hydroxylation is 2. The number of rotatable bonds is 6. The van der Waals surface area contributed by atoms with Gasteiger partial charge in [0.2, 0.25) is 0 Å². The van der Waals surface area contributed by atoms with E-state index < -0.39 is 11.5 Å². The van der Waals surface area contributed by atoms with E-state index in [9.17, 15) is 4.79 Å². The average molecular weight is 263 g/mol. The summed E-state index contributed by atoms with van der Waals surface area (Å²) < 4.78 is 0. The van der Waals surface area contributed by atoms with Crippen LogP contribution in [0.4, 0.5) is 0 Å². The summed E-state index contributed by atoms with van der Waals surface area (Å²) in [6.07, 6.45) is 2.45. The fourth-order valence-electron chi connectivity index (χ4n) is 2.40. The third-order valence-electron chi connectivity index (χ3n) is 3.88. The van der Waals surface area contributed by atoms with Crippen LogP contribution in [-0.2, 0) is 11.2 Å². The maximum absolute atomic E-state index is 11.0. The van der Waals surface area contributed by atoms with Gasteiger partial charge < -0.3 is 10.8 Å². The lowest BCUT2D eigenvalue weighted by Gasteiger charge is -2.23. The van der Waals surface area contributed by atoms with Gasteiger partial charge in [-0.25, -0.2) is 0 Å². The number of nitrogens with two attached hydrogens (primary N) is 1. The maximum atomic E-state index is 11.0. The van der Waals surface area contributed by atoms with E-state index in [0.29, 0.717) is 12.3 Å². The molecule has 2 unspecified atom stereocenters. The Morgan fingerprint density at radius 3 is 2.63 bits per heavy atom. The molecule has 0 radical (unpaired) electrons. The summed E-state index contributed by atoms with van der Waals surface area (Å²) in [5, 5.41) is 9.03. The van der Waals surface area contributed by atoms with Crippen LogP contribution in [0, 0.1) is 19.8 Å². The van der Waals surface area contributed by atoms with Gasteiger partial charge in [0.15, 0.2) is 0 Å². The molecule has 0 spiro atoms. The fraction of sp³-hybridized carbons (Fsp3) is 0.562. The van der Waals surface area contributed by atoms with Gasteiger partial charge in [-0.05, 0) is 62.6 Å². The maximum Gasteiger partial charge on any atom is 0.323 e. The summed E-state index contributed by atoms with van der Waals surface area (Å²) in [6.45, 7) is 7.91. The summed E-state index contributed by atoms with van der Waals surface area (Å²) in [4.78, 5) is 11.0. The highest BCUT2D eigenvalue weighted by molar-refractivity contribution is 5.77. The Bertz CT molecular complexity index is 452. The van der Waals surface area contributed by atoms with E-state index in [2.05, 4.69) is 39.0 Å². The third kappa shape index (κ3) is 4.35. The van der Waals surface area contributed by atoms with Crippen LogP contribution < -0.4 is 5.73 Å². The van der Waals surface area contributed by atoms with Crippen molar-refractivity contribution in [3.8, 4) is 0 Å². The molecule has 19 heavy (non-hydrogen) atoms. The van der Waals surface area contributed by atoms with Gasteiger partial charge in [0.1, 0.15) is 5.54 Å². The first-order valence-corrected chi connectivity index (χ1v) is 6.81. The molecule has 3 heteroatoms. The summed E-state index contributed by atoms with van der Waals surface area (Å²) in [5.74, 6) is -0.628. The molecule has 0 fully saturated rings. The van der Waals surface area contributed by atoms with Crippen LogP contribution in [0.5, 0.6) is 0 Å². The molecule has 0 bridgehead atoms. The molecule has 2 atom stereocenters. The van der Waals surface area contributed by atoms with Gasteiger partial charge >= 0.3 is 5.97 Å². The monoisotopic (exact) mass is 263 g/mol. The summed E-state index contributed by atoms with van der Waals surface area (Å²) >= 11 is 0. The van der Waals surface area contributed by atoms with Gasteiger partial charge in [0.25, 0.3) is 0 Å². The molecule has 0 heterocycles. The van der Waals surface area contributed by atoms with Crippen molar-refractivity contribution in [3.63, 3.8) is 0 Å². The quantitative estimate of drug-likeness (QED) is 0.829. The number of carboxylic acid groups (broad SMARTS) is 1. The smallest absolute Gasteiger partial charge is 0.323 e. The standard InChI is InChI=1S/C16H25NO2/c1-11(10-16(4,17)15(18)19)8-9-14-7-5-6-12(2)13(14)3/h5-7,11H,8-10,17H2,1-4H3,(H,18,19). The molecule has 0 saturated carbocycles. The van der Waals surface area contributed by atoms with Crippen molar-refractivity contribution in [2.75, 3.05) is 0 Å². The van der Waals surface area contributed by atoms with E-state index in [1.54, 1.807) is 6.92 Å². The lowest BCUT2D eigenvalue weighted by Crippen LogP contribution is -2.46. The first-order valence-electron chi connectivity index (χ1n) is 6.81. The van der Waals surface area contributed by atoms with E-state index in [1.807, 2.05) is 0 Å². The van der Waals surface area contributed by atoms with E-state index in [1.165, 1.54) is 16.7 Å². The average Bonchev–Trinajstić information content (AvgIpc) is 2.30. The number of benzene rings is 1. The van der Waals surface area contributed by atoms with Crippen molar-refractivity contribution in [1.82, 2.24) is 0 Å². The molecular weight excluding hydrogens is 238 g/mol. The predicted molar refractivity (Wildman–Crippen MR) is 78.2 cm³/mol. The van der Waals surface area contributed by atoms with E-state index >= 15 is 0 Å². The SMILES string of the molecule is Cc1cccc(CCC(C)CC(C)(N)C(=O)O)c1C. The van der Waals surface area contributed by atoms with Gasteiger partial charge in [-0.3, -0.25) is 4.79 Å². The molecule has 0 aliphatic carbocycles. The number of hydrogen-bond donors (Lipinski definition) is 2. The van der Waals surface area contributed by atoms with Crippen LogP contribution in [0.15, 0.2) is 18.2 Å². The predicted octanol–water partition coefficient (Wildman–Crippen LogP) is 3.06. The van der Waals surface area contributed by atoms with Gasteiger partial charge in [-0.2, -0.15) is 0 Å². The molecule has 0 amide bonds. The molecule has 1 aromatic carbocycles. The van der Waals surface area contributed by atoms with Gasteiger partial charge in [-0.15, -0.1) is 0 Å². The van der Waals surface area contributed by atoms with Crippen LogP contribution in [0.2, 0.25) is 0 Å². The molecule has 106 valence electrons. The second kappa shape index (κ2) is 6.20. The van der Waals surface area contributed by atoms with Crippen molar-refractivity contribution < 1.29 is 9.90 Å². The minimum absolute atomic E-state index is 0.297. The van der Waals surface area contributed by atoms with Crippen molar-refractivity contribution in [2.45, 2.75) is 52.5 Å². The van der Waals surface area contributed by atoms with E-state index in [0.717, 1.165) is 12.8 Å². The summed E-state index contributed by atoms with van der Waals surface area (Å²) in [5.41, 5.74) is 8.65. The Balaban J connectivity index is 2.57. The Morgan fingerprint density at radius 1 is 1.42 bits per heavy atom. The molecule has 0 saturated heterocycles. The Hall–Kier alpha value is -1.35. The number of carboxylic acids is 1. The molecular formula is C16H25NO2. The van der Waals surface area contributed by atoms with Gasteiger partial charge in [-0.1, -0.05) is 25.1 Å². The second-order valence-electron chi connectivity index (χ2n) is 5.93. The number of carbonyl (C=O) groups is 1. The second-order valence-corrected chi connectivity index (χ2v) is 5.93. The lowest BCUT2D eigenvalue weighted by atomic mass is 9.86. The summed E-state index contributed by atoms with van der Waals surface area (Å²) in [7, 11) is 0. The van der Waals surface area contributed by atoms with E-state index in [-0.39, 0.29) is 0 Å². The fourth-order valence-corrected chi connectivity index (χ4v) is 2.40. The van der Waals surface area contributed by atoms with Crippen LogP contribution >= 0.6 is 0 Å². The Morgan fingerprint density at radius 2 is 2.05 bits per heavy atom. The molecule has 3 nitrogen and oxygen atoms in total. The van der Waals surface area contributed by atoms with Crippen LogP contribution in [0.3, 0.4) is 0 Å². The topological polar surface area (TPSA) is 63.3 Å². The highest BCUT2D eigenvalue weighted by Crippen LogP contribution is 2.21. The molecule has 1 rings (SSSR count). The highest BCUT2D eigenvalue weighted by Gasteiger charge is 2.29. The zero-order valence-corrected chi connectivity index (χ0v) is 12.4. The minimum atomic E-state index is -1.12. The highest BCUT2D eigenvalue weighted by atomic mass is 16.4. The zero-order valence-electron chi connectivity index (χ0n) is 12.4. The lowest BCUT2D eigenvalue weighted by molar-refractivity contribution is -0.143. The molecule has 0 aromatic heterocycles.